The van der Waals surface area contributed by atoms with Crippen molar-refractivity contribution in [1.82, 2.24) is 5.32 Å². The number of amides is 2. The van der Waals surface area contributed by atoms with Gasteiger partial charge in [0.2, 0.25) is 0 Å². The summed E-state index contributed by atoms with van der Waals surface area (Å²) in [5, 5.41) is 2.90. The van der Waals surface area contributed by atoms with Crippen molar-refractivity contribution in [1.29, 1.82) is 0 Å². The van der Waals surface area contributed by atoms with Crippen LogP contribution in [0, 0.1) is 40.4 Å². The zero-order valence-electron chi connectivity index (χ0n) is 21.1. The molecular formula is C29H44N2O. The Bertz CT molecular complexity index is 878. The van der Waals surface area contributed by atoms with Crippen molar-refractivity contribution < 1.29 is 4.79 Å². The van der Waals surface area contributed by atoms with Gasteiger partial charge < -0.3 is 11.1 Å². The van der Waals surface area contributed by atoms with Crippen molar-refractivity contribution in [2.45, 2.75) is 86.1 Å². The quantitative estimate of drug-likeness (QED) is 0.451. The number of carbonyl (C=O) groups is 1. The van der Waals surface area contributed by atoms with Gasteiger partial charge in [0.15, 0.2) is 0 Å². The van der Waals surface area contributed by atoms with Gasteiger partial charge in [-0.15, -0.1) is 0 Å². The van der Waals surface area contributed by atoms with Crippen LogP contribution in [-0.4, -0.2) is 12.1 Å². The number of nitrogens with one attached hydrogen (secondary N) is 1. The third kappa shape index (κ3) is 3.90. The SMILES string of the molecule is CC(C)[C@@H](C)/C=C/[C@@H](C)[C@H]1CCC2=C3C=CC4=C[C@H](NC(N)=O)CC[C@]4(C)C3CC[C@@]21C. The Morgan fingerprint density at radius 2 is 1.78 bits per heavy atom. The highest BCUT2D eigenvalue weighted by molar-refractivity contribution is 5.72. The molecule has 2 amide bonds. The lowest BCUT2D eigenvalue weighted by Gasteiger charge is -2.51. The van der Waals surface area contributed by atoms with E-state index < -0.39 is 6.03 Å². The van der Waals surface area contributed by atoms with Crippen molar-refractivity contribution in [3.63, 3.8) is 0 Å². The minimum absolute atomic E-state index is 0.0695. The predicted octanol–water partition coefficient (Wildman–Crippen LogP) is 6.93. The molecule has 0 spiro atoms. The summed E-state index contributed by atoms with van der Waals surface area (Å²) < 4.78 is 0. The van der Waals surface area contributed by atoms with Gasteiger partial charge in [0.1, 0.15) is 0 Å². The molecule has 0 saturated heterocycles. The van der Waals surface area contributed by atoms with E-state index in [0.717, 1.165) is 18.8 Å². The average molecular weight is 437 g/mol. The summed E-state index contributed by atoms with van der Waals surface area (Å²) in [5.74, 6) is 3.34. The maximum absolute atomic E-state index is 11.3. The molecule has 3 N–H and O–H groups in total. The third-order valence-electron chi connectivity index (χ3n) is 9.85. The van der Waals surface area contributed by atoms with E-state index in [-0.39, 0.29) is 11.5 Å². The van der Waals surface area contributed by atoms with Gasteiger partial charge in [-0.25, -0.2) is 4.79 Å². The van der Waals surface area contributed by atoms with Crippen LogP contribution >= 0.6 is 0 Å². The average Bonchev–Trinajstić information content (AvgIpc) is 3.08. The molecule has 32 heavy (non-hydrogen) atoms. The van der Waals surface area contributed by atoms with E-state index in [2.05, 4.69) is 77.2 Å². The van der Waals surface area contributed by atoms with Crippen LogP contribution in [0.4, 0.5) is 4.79 Å². The Kier molecular flexibility index (Phi) is 6.24. The van der Waals surface area contributed by atoms with Gasteiger partial charge in [-0.2, -0.15) is 0 Å². The number of rotatable bonds is 5. The van der Waals surface area contributed by atoms with Crippen molar-refractivity contribution in [3.05, 3.63) is 47.1 Å². The first-order valence-corrected chi connectivity index (χ1v) is 12.9. The van der Waals surface area contributed by atoms with E-state index >= 15 is 0 Å². The highest BCUT2D eigenvalue weighted by Gasteiger charge is 2.53. The van der Waals surface area contributed by atoms with E-state index in [9.17, 15) is 4.79 Å². The summed E-state index contributed by atoms with van der Waals surface area (Å²) >= 11 is 0. The maximum Gasteiger partial charge on any atom is 0.312 e. The molecule has 1 unspecified atom stereocenters. The van der Waals surface area contributed by atoms with Crippen LogP contribution in [0.15, 0.2) is 47.1 Å². The smallest absolute Gasteiger partial charge is 0.312 e. The second kappa shape index (κ2) is 8.54. The van der Waals surface area contributed by atoms with E-state index in [1.165, 1.54) is 31.3 Å². The summed E-state index contributed by atoms with van der Waals surface area (Å²) in [5.41, 5.74) is 10.7. The van der Waals surface area contributed by atoms with Gasteiger partial charge in [0, 0.05) is 6.04 Å². The van der Waals surface area contributed by atoms with Gasteiger partial charge in [-0.3, -0.25) is 0 Å². The van der Waals surface area contributed by atoms with Crippen molar-refractivity contribution in [3.8, 4) is 0 Å². The second-order valence-electron chi connectivity index (χ2n) is 12.0. The molecule has 176 valence electrons. The minimum Gasteiger partial charge on any atom is -0.352 e. The van der Waals surface area contributed by atoms with Gasteiger partial charge in [-0.05, 0) is 90.1 Å². The third-order valence-corrected chi connectivity index (χ3v) is 9.85. The molecule has 0 heterocycles. The highest BCUT2D eigenvalue weighted by atomic mass is 16.2. The molecule has 4 rings (SSSR count). The molecule has 0 aromatic heterocycles. The van der Waals surface area contributed by atoms with Crippen molar-refractivity contribution in [2.24, 2.45) is 46.2 Å². The van der Waals surface area contributed by atoms with Crippen LogP contribution in [0.2, 0.25) is 0 Å². The van der Waals surface area contributed by atoms with Gasteiger partial charge in [-0.1, -0.05) is 77.5 Å². The lowest BCUT2D eigenvalue weighted by atomic mass is 9.53. The zero-order chi connectivity index (χ0) is 23.3. The summed E-state index contributed by atoms with van der Waals surface area (Å²) in [6.45, 7) is 14.4. The minimum atomic E-state index is -0.422. The van der Waals surface area contributed by atoms with Crippen molar-refractivity contribution >= 4 is 6.03 Å². The number of allylic oxidation sites excluding steroid dienone is 7. The molecule has 1 saturated carbocycles. The molecule has 3 nitrogen and oxygen atoms in total. The van der Waals surface area contributed by atoms with Crippen LogP contribution < -0.4 is 11.1 Å². The molecule has 0 bridgehead atoms. The predicted molar refractivity (Wildman–Crippen MR) is 134 cm³/mol. The molecular weight excluding hydrogens is 392 g/mol. The number of hydrogen-bond acceptors (Lipinski definition) is 1. The van der Waals surface area contributed by atoms with E-state index in [4.69, 9.17) is 5.73 Å². The second-order valence-corrected chi connectivity index (χ2v) is 12.0. The van der Waals surface area contributed by atoms with Gasteiger partial charge in [0.05, 0.1) is 0 Å². The molecule has 0 aromatic carbocycles. The van der Waals surface area contributed by atoms with Crippen LogP contribution in [0.3, 0.4) is 0 Å². The summed E-state index contributed by atoms with van der Waals surface area (Å²) in [7, 11) is 0. The first-order chi connectivity index (χ1) is 15.1. The molecule has 0 aliphatic heterocycles. The van der Waals surface area contributed by atoms with Crippen LogP contribution in [0.25, 0.3) is 0 Å². The van der Waals surface area contributed by atoms with Crippen LogP contribution in [-0.2, 0) is 0 Å². The van der Waals surface area contributed by atoms with Crippen LogP contribution in [0.5, 0.6) is 0 Å². The summed E-state index contributed by atoms with van der Waals surface area (Å²) in [6, 6.07) is -0.352. The monoisotopic (exact) mass is 436 g/mol. The maximum atomic E-state index is 11.3. The van der Waals surface area contributed by atoms with Gasteiger partial charge in [0.25, 0.3) is 0 Å². The Morgan fingerprint density at radius 1 is 1.06 bits per heavy atom. The summed E-state index contributed by atoms with van der Waals surface area (Å²) in [6.07, 6.45) is 19.3. The zero-order valence-corrected chi connectivity index (χ0v) is 21.1. The lowest BCUT2D eigenvalue weighted by Crippen LogP contribution is -2.45. The van der Waals surface area contributed by atoms with E-state index in [1.807, 2.05) is 0 Å². The molecule has 1 fully saturated rings. The molecule has 4 aliphatic rings. The highest BCUT2D eigenvalue weighted by Crippen LogP contribution is 2.63. The number of primary amides is 1. The normalized spacial score (nSPS) is 38.2. The molecule has 0 aromatic rings. The fourth-order valence-corrected chi connectivity index (χ4v) is 7.36. The first-order valence-electron chi connectivity index (χ1n) is 12.9. The number of nitrogens with two attached hydrogens (primary N) is 1. The molecule has 4 aliphatic carbocycles. The Morgan fingerprint density at radius 3 is 2.47 bits per heavy atom. The first kappa shape index (κ1) is 23.4. The topological polar surface area (TPSA) is 55.1 Å². The Hall–Kier alpha value is -1.77. The Balaban J connectivity index is 1.62. The largest absolute Gasteiger partial charge is 0.352 e. The number of hydrogen-bond donors (Lipinski definition) is 2. The van der Waals surface area contributed by atoms with Crippen LogP contribution in [0.1, 0.15) is 80.1 Å². The fourth-order valence-electron chi connectivity index (χ4n) is 7.36. The molecule has 0 radical (unpaired) electrons. The number of fused-ring (bicyclic) bond motifs is 4. The van der Waals surface area contributed by atoms with E-state index in [1.54, 1.807) is 11.1 Å². The fraction of sp³-hybridized carbons (Fsp3) is 0.690. The van der Waals surface area contributed by atoms with E-state index in [0.29, 0.717) is 29.1 Å². The number of urea groups is 1. The summed E-state index contributed by atoms with van der Waals surface area (Å²) in [4.78, 5) is 11.3. The lowest BCUT2D eigenvalue weighted by molar-refractivity contribution is 0.139. The van der Waals surface area contributed by atoms with Gasteiger partial charge >= 0.3 is 6.03 Å². The standard InChI is InChI=1S/C29H44N2O/c1-18(2)19(3)7-8-20(4)24-11-12-25-23-10-9-21-17-22(31-27(30)32)13-15-28(21,5)26(23)14-16-29(24,25)6/h7-10,17-20,22,24,26H,11-16H2,1-6H3,(H3,30,31,32)/b8-7+/t19-,20+,22+,24+,26?,28-,29+/m0/s1. The number of carbonyl (C=O) groups excluding carboxylic acids is 1. The van der Waals surface area contributed by atoms with Crippen molar-refractivity contribution in [2.75, 3.05) is 0 Å². The molecule has 7 atom stereocenters. The molecule has 3 heteroatoms. The Labute approximate surface area is 195 Å².